The maximum atomic E-state index is 12.7. The average molecular weight is 455 g/mol. The van der Waals surface area contributed by atoms with Crippen molar-refractivity contribution >= 4 is 17.2 Å². The van der Waals surface area contributed by atoms with Crippen LogP contribution in [0.5, 0.6) is 0 Å². The standard InChI is InChI=1S/C27H30N6O/c1-20-5-9-22(10-6-20)18-29-27(34)32-16-14-31(15-17-32)19-25-30-24-4-3-13-28-26(24)33(25)23-11-7-21(2)8-12-23/h3-13H,14-19H2,1-2H3,(H,29,34). The molecule has 0 unspecified atom stereocenters. The van der Waals surface area contributed by atoms with Gasteiger partial charge in [0.15, 0.2) is 5.65 Å². The number of carbonyl (C=O) groups excluding carboxylic acids is 1. The second kappa shape index (κ2) is 9.65. The summed E-state index contributed by atoms with van der Waals surface area (Å²) in [6.45, 7) is 8.42. The van der Waals surface area contributed by atoms with E-state index in [0.29, 0.717) is 26.2 Å². The zero-order valence-corrected chi connectivity index (χ0v) is 19.7. The summed E-state index contributed by atoms with van der Waals surface area (Å²) in [5.74, 6) is 0.967. The number of fused-ring (bicyclic) bond motifs is 1. The molecule has 0 atom stereocenters. The van der Waals surface area contributed by atoms with Crippen molar-refractivity contribution in [1.82, 2.24) is 29.7 Å². The van der Waals surface area contributed by atoms with Crippen molar-refractivity contribution in [1.29, 1.82) is 0 Å². The van der Waals surface area contributed by atoms with Crippen molar-refractivity contribution in [3.05, 3.63) is 89.4 Å². The van der Waals surface area contributed by atoms with Gasteiger partial charge in [0.1, 0.15) is 11.3 Å². The number of nitrogens with zero attached hydrogens (tertiary/aromatic N) is 5. The molecule has 0 spiro atoms. The Hall–Kier alpha value is -3.71. The van der Waals surface area contributed by atoms with E-state index in [-0.39, 0.29) is 6.03 Å². The number of aryl methyl sites for hydroxylation is 2. The van der Waals surface area contributed by atoms with Gasteiger partial charge in [-0.2, -0.15) is 0 Å². The Labute approximate surface area is 200 Å². The predicted molar refractivity (Wildman–Crippen MR) is 134 cm³/mol. The van der Waals surface area contributed by atoms with E-state index in [4.69, 9.17) is 4.98 Å². The van der Waals surface area contributed by atoms with Crippen molar-refractivity contribution in [2.24, 2.45) is 0 Å². The van der Waals surface area contributed by atoms with Crippen LogP contribution in [0.2, 0.25) is 0 Å². The van der Waals surface area contributed by atoms with Crippen LogP contribution in [0.3, 0.4) is 0 Å². The first-order valence-corrected chi connectivity index (χ1v) is 11.8. The fraction of sp³-hybridized carbons (Fsp3) is 0.296. The third kappa shape index (κ3) is 4.79. The Morgan fingerprint density at radius 2 is 1.59 bits per heavy atom. The van der Waals surface area contributed by atoms with Gasteiger partial charge in [0, 0.05) is 44.6 Å². The molecule has 2 aromatic carbocycles. The Balaban J connectivity index is 1.24. The van der Waals surface area contributed by atoms with Crippen molar-refractivity contribution in [3.63, 3.8) is 0 Å². The van der Waals surface area contributed by atoms with Crippen molar-refractivity contribution < 1.29 is 4.79 Å². The minimum Gasteiger partial charge on any atom is -0.334 e. The van der Waals surface area contributed by atoms with Crippen LogP contribution in [0.1, 0.15) is 22.5 Å². The number of hydrogen-bond acceptors (Lipinski definition) is 4. The molecule has 1 aliphatic heterocycles. The quantitative estimate of drug-likeness (QED) is 0.494. The number of urea groups is 1. The van der Waals surface area contributed by atoms with Crippen LogP contribution in [-0.2, 0) is 13.1 Å². The summed E-state index contributed by atoms with van der Waals surface area (Å²) in [6, 6.07) is 20.6. The number of nitrogens with one attached hydrogen (secondary N) is 1. The lowest BCUT2D eigenvalue weighted by Gasteiger charge is -2.34. The molecule has 7 heteroatoms. The van der Waals surface area contributed by atoms with Crippen LogP contribution in [-0.4, -0.2) is 56.5 Å². The highest BCUT2D eigenvalue weighted by Crippen LogP contribution is 2.22. The van der Waals surface area contributed by atoms with Crippen LogP contribution < -0.4 is 5.32 Å². The predicted octanol–water partition coefficient (Wildman–Crippen LogP) is 4.06. The van der Waals surface area contributed by atoms with Gasteiger partial charge in [-0.3, -0.25) is 9.47 Å². The average Bonchev–Trinajstić information content (AvgIpc) is 3.22. The zero-order chi connectivity index (χ0) is 23.5. The number of rotatable bonds is 5. The fourth-order valence-corrected chi connectivity index (χ4v) is 4.34. The largest absolute Gasteiger partial charge is 0.334 e. The number of amides is 2. The number of hydrogen-bond donors (Lipinski definition) is 1. The molecule has 7 nitrogen and oxygen atoms in total. The first kappa shape index (κ1) is 22.1. The highest BCUT2D eigenvalue weighted by Gasteiger charge is 2.23. The van der Waals surface area contributed by atoms with Gasteiger partial charge in [0.2, 0.25) is 0 Å². The third-order valence-corrected chi connectivity index (χ3v) is 6.37. The highest BCUT2D eigenvalue weighted by molar-refractivity contribution is 5.74. The van der Waals surface area contributed by atoms with Crippen LogP contribution in [0.25, 0.3) is 16.9 Å². The molecule has 3 heterocycles. The van der Waals surface area contributed by atoms with Gasteiger partial charge in [-0.05, 0) is 43.7 Å². The fourth-order valence-electron chi connectivity index (χ4n) is 4.34. The van der Waals surface area contributed by atoms with Crippen LogP contribution >= 0.6 is 0 Å². The number of imidazole rings is 1. The van der Waals surface area contributed by atoms with E-state index in [2.05, 4.69) is 82.1 Å². The summed E-state index contributed by atoms with van der Waals surface area (Å²) in [5.41, 5.74) is 6.39. The van der Waals surface area contributed by atoms with E-state index in [1.807, 2.05) is 23.2 Å². The van der Waals surface area contributed by atoms with E-state index in [1.165, 1.54) is 11.1 Å². The van der Waals surface area contributed by atoms with E-state index < -0.39 is 0 Å². The number of carbonyl (C=O) groups is 1. The summed E-state index contributed by atoms with van der Waals surface area (Å²) >= 11 is 0. The molecule has 1 fully saturated rings. The minimum atomic E-state index is -0.00341. The lowest BCUT2D eigenvalue weighted by atomic mass is 10.1. The number of pyridine rings is 1. The molecule has 0 saturated carbocycles. The first-order valence-electron chi connectivity index (χ1n) is 11.8. The molecule has 1 aliphatic rings. The Morgan fingerprint density at radius 1 is 0.912 bits per heavy atom. The molecule has 2 aromatic heterocycles. The molecule has 0 aliphatic carbocycles. The van der Waals surface area contributed by atoms with Gasteiger partial charge < -0.3 is 10.2 Å². The summed E-state index contributed by atoms with van der Waals surface area (Å²) in [6.07, 6.45) is 1.81. The normalized spacial score (nSPS) is 14.5. The highest BCUT2D eigenvalue weighted by atomic mass is 16.2. The monoisotopic (exact) mass is 454 g/mol. The maximum Gasteiger partial charge on any atom is 0.317 e. The van der Waals surface area contributed by atoms with Gasteiger partial charge in [0.05, 0.1) is 6.54 Å². The van der Waals surface area contributed by atoms with E-state index in [0.717, 1.165) is 41.3 Å². The SMILES string of the molecule is Cc1ccc(CNC(=O)N2CCN(Cc3nc4cccnc4n3-c3ccc(C)cc3)CC2)cc1. The van der Waals surface area contributed by atoms with Crippen molar-refractivity contribution in [3.8, 4) is 5.69 Å². The molecule has 1 N–H and O–H groups in total. The number of piperazine rings is 1. The van der Waals surface area contributed by atoms with Crippen molar-refractivity contribution in [2.45, 2.75) is 26.9 Å². The molecule has 5 rings (SSSR count). The van der Waals surface area contributed by atoms with Gasteiger partial charge in [0.25, 0.3) is 0 Å². The molecule has 34 heavy (non-hydrogen) atoms. The zero-order valence-electron chi connectivity index (χ0n) is 19.7. The lowest BCUT2D eigenvalue weighted by molar-refractivity contribution is 0.133. The Bertz CT molecular complexity index is 1270. The van der Waals surface area contributed by atoms with Crippen LogP contribution in [0.15, 0.2) is 66.9 Å². The summed E-state index contributed by atoms with van der Waals surface area (Å²) < 4.78 is 2.15. The molecule has 174 valence electrons. The molecule has 2 amide bonds. The first-order chi connectivity index (χ1) is 16.6. The number of benzene rings is 2. The number of aromatic nitrogens is 3. The smallest absolute Gasteiger partial charge is 0.317 e. The Kier molecular flexibility index (Phi) is 6.27. The second-order valence-electron chi connectivity index (χ2n) is 8.95. The molecule has 0 radical (unpaired) electrons. The Morgan fingerprint density at radius 3 is 2.29 bits per heavy atom. The molecule has 1 saturated heterocycles. The molecule has 4 aromatic rings. The molecular weight excluding hydrogens is 424 g/mol. The lowest BCUT2D eigenvalue weighted by Crippen LogP contribution is -2.51. The topological polar surface area (TPSA) is 66.3 Å². The van der Waals surface area contributed by atoms with Crippen LogP contribution in [0.4, 0.5) is 4.79 Å². The second-order valence-corrected chi connectivity index (χ2v) is 8.95. The molecule has 0 bridgehead atoms. The maximum absolute atomic E-state index is 12.7. The van der Waals surface area contributed by atoms with Crippen molar-refractivity contribution in [2.75, 3.05) is 26.2 Å². The van der Waals surface area contributed by atoms with E-state index in [9.17, 15) is 4.79 Å². The van der Waals surface area contributed by atoms with Gasteiger partial charge >= 0.3 is 6.03 Å². The van der Waals surface area contributed by atoms with Gasteiger partial charge in [-0.15, -0.1) is 0 Å². The van der Waals surface area contributed by atoms with Gasteiger partial charge in [-0.1, -0.05) is 47.5 Å². The van der Waals surface area contributed by atoms with E-state index in [1.54, 1.807) is 0 Å². The minimum absolute atomic E-state index is 0.00341. The van der Waals surface area contributed by atoms with Gasteiger partial charge in [-0.25, -0.2) is 14.8 Å². The summed E-state index contributed by atoms with van der Waals surface area (Å²) in [7, 11) is 0. The summed E-state index contributed by atoms with van der Waals surface area (Å²) in [4.78, 5) is 26.4. The molecular formula is C27H30N6O. The summed E-state index contributed by atoms with van der Waals surface area (Å²) in [5, 5.41) is 3.05. The van der Waals surface area contributed by atoms with Crippen LogP contribution in [0, 0.1) is 13.8 Å². The third-order valence-electron chi connectivity index (χ3n) is 6.37. The van der Waals surface area contributed by atoms with E-state index >= 15 is 0 Å².